The summed E-state index contributed by atoms with van der Waals surface area (Å²) in [4.78, 5) is 44.0. The Labute approximate surface area is 195 Å². The number of hydrogen-bond donors (Lipinski definition) is 1. The first kappa shape index (κ1) is 24.8. The molecule has 2 bridgehead atoms. The van der Waals surface area contributed by atoms with Crippen molar-refractivity contribution in [3.63, 3.8) is 0 Å². The van der Waals surface area contributed by atoms with Gasteiger partial charge >= 0.3 is 5.97 Å². The molecule has 0 saturated carbocycles. The number of carbonyl (C=O) groups excluding carboxylic acids is 3. The predicted octanol–water partition coefficient (Wildman–Crippen LogP) is 2.39. The molecule has 7 nitrogen and oxygen atoms in total. The molecular formula is C24H36N2O5S. The molecule has 3 aliphatic heterocycles. The molecule has 32 heavy (non-hydrogen) atoms. The number of fused-ring (bicyclic) bond motifs is 1. The Morgan fingerprint density at radius 3 is 2.72 bits per heavy atom. The van der Waals surface area contributed by atoms with Crippen LogP contribution in [0.2, 0.25) is 0 Å². The SMILES string of the molecule is C=CCCOC(=O)[C@@H]1[C@@H]2CCC3(S2)C(C(=O)N(CC=C)C(C)C)N(CCCCO)C(=O)[C@H]13. The average molecular weight is 465 g/mol. The van der Waals surface area contributed by atoms with E-state index in [9.17, 15) is 19.5 Å². The number of likely N-dealkylation sites (tertiary alicyclic amines) is 1. The molecule has 8 heteroatoms. The van der Waals surface area contributed by atoms with Crippen LogP contribution in [0.25, 0.3) is 0 Å². The van der Waals surface area contributed by atoms with Crippen LogP contribution in [0.15, 0.2) is 25.3 Å². The molecule has 0 aromatic rings. The molecule has 2 amide bonds. The smallest absolute Gasteiger partial charge is 0.310 e. The number of esters is 1. The largest absolute Gasteiger partial charge is 0.465 e. The number of hydrogen-bond acceptors (Lipinski definition) is 6. The molecule has 1 N–H and O–H groups in total. The minimum atomic E-state index is -0.609. The number of amides is 2. The Morgan fingerprint density at radius 2 is 2.09 bits per heavy atom. The number of thioether (sulfide) groups is 1. The first-order chi connectivity index (χ1) is 15.3. The van der Waals surface area contributed by atoms with E-state index in [1.165, 1.54) is 0 Å². The van der Waals surface area contributed by atoms with Gasteiger partial charge in [-0.15, -0.1) is 24.9 Å². The highest BCUT2D eigenvalue weighted by atomic mass is 32.2. The van der Waals surface area contributed by atoms with Crippen molar-refractivity contribution < 1.29 is 24.2 Å². The van der Waals surface area contributed by atoms with E-state index in [-0.39, 0.29) is 42.3 Å². The average Bonchev–Trinajstić information content (AvgIpc) is 3.39. The zero-order valence-corrected chi connectivity index (χ0v) is 20.0. The number of rotatable bonds is 12. The molecule has 3 fully saturated rings. The zero-order valence-electron chi connectivity index (χ0n) is 19.2. The molecule has 0 aromatic carbocycles. The number of nitrogens with zero attached hydrogens (tertiary/aromatic N) is 2. The van der Waals surface area contributed by atoms with Crippen molar-refractivity contribution in [2.24, 2.45) is 11.8 Å². The Morgan fingerprint density at radius 1 is 1.34 bits per heavy atom. The van der Waals surface area contributed by atoms with Crippen LogP contribution in [0.5, 0.6) is 0 Å². The van der Waals surface area contributed by atoms with Crippen molar-refractivity contribution in [1.29, 1.82) is 0 Å². The van der Waals surface area contributed by atoms with Gasteiger partial charge in [-0.3, -0.25) is 14.4 Å². The van der Waals surface area contributed by atoms with E-state index in [0.29, 0.717) is 32.4 Å². The van der Waals surface area contributed by atoms with Gasteiger partial charge in [0.1, 0.15) is 6.04 Å². The van der Waals surface area contributed by atoms with Crippen LogP contribution >= 0.6 is 11.8 Å². The van der Waals surface area contributed by atoms with Gasteiger partial charge < -0.3 is 19.6 Å². The number of carbonyl (C=O) groups is 3. The third kappa shape index (κ3) is 4.23. The molecule has 2 unspecified atom stereocenters. The van der Waals surface area contributed by atoms with Crippen molar-refractivity contribution in [3.05, 3.63) is 25.3 Å². The Bertz CT molecular complexity index is 757. The lowest BCUT2D eigenvalue weighted by molar-refractivity contribution is -0.154. The number of aliphatic hydroxyl groups excluding tert-OH is 1. The van der Waals surface area contributed by atoms with E-state index in [1.807, 2.05) is 13.8 Å². The highest BCUT2D eigenvalue weighted by molar-refractivity contribution is 8.02. The highest BCUT2D eigenvalue weighted by Gasteiger charge is 2.74. The standard InChI is InChI=1S/C24H36N2O5S/c1-5-7-15-31-23(30)18-17-10-11-24(32-17)19(18)21(28)26(13-8-9-14-27)20(24)22(29)25(12-6-2)16(3)4/h5-6,16-20,27H,1-2,7-15H2,3-4H3/t17-,18+,19-,20?,24?/m0/s1. The molecule has 1 spiro atoms. The summed E-state index contributed by atoms with van der Waals surface area (Å²) in [7, 11) is 0. The minimum absolute atomic E-state index is 0.00183. The van der Waals surface area contributed by atoms with Crippen LogP contribution in [0, 0.1) is 11.8 Å². The van der Waals surface area contributed by atoms with Gasteiger partial charge in [-0.25, -0.2) is 0 Å². The third-order valence-electron chi connectivity index (χ3n) is 6.91. The lowest BCUT2D eigenvalue weighted by atomic mass is 9.71. The lowest BCUT2D eigenvalue weighted by Gasteiger charge is -2.38. The van der Waals surface area contributed by atoms with E-state index in [4.69, 9.17) is 4.74 Å². The second-order valence-electron chi connectivity index (χ2n) is 9.14. The second kappa shape index (κ2) is 10.4. The van der Waals surface area contributed by atoms with E-state index in [2.05, 4.69) is 13.2 Å². The van der Waals surface area contributed by atoms with Gasteiger partial charge in [-0.05, 0) is 46.0 Å². The van der Waals surface area contributed by atoms with Crippen molar-refractivity contribution >= 4 is 29.5 Å². The van der Waals surface area contributed by atoms with Crippen molar-refractivity contribution in [2.45, 2.75) is 68.0 Å². The van der Waals surface area contributed by atoms with E-state index >= 15 is 0 Å². The first-order valence-electron chi connectivity index (χ1n) is 11.6. The van der Waals surface area contributed by atoms with Crippen LogP contribution < -0.4 is 0 Å². The summed E-state index contributed by atoms with van der Waals surface area (Å²) >= 11 is 1.65. The molecule has 3 rings (SSSR count). The van der Waals surface area contributed by atoms with E-state index < -0.39 is 22.6 Å². The summed E-state index contributed by atoms with van der Waals surface area (Å²) in [6.07, 6.45) is 6.68. The predicted molar refractivity (Wildman–Crippen MR) is 125 cm³/mol. The fraction of sp³-hybridized carbons (Fsp3) is 0.708. The fourth-order valence-electron chi connectivity index (χ4n) is 5.53. The Balaban J connectivity index is 1.95. The molecule has 0 radical (unpaired) electrons. The molecule has 3 aliphatic rings. The number of ether oxygens (including phenoxy) is 1. The first-order valence-corrected chi connectivity index (χ1v) is 12.5. The lowest BCUT2D eigenvalue weighted by Crippen LogP contribution is -2.56. The normalized spacial score (nSPS) is 30.5. The topological polar surface area (TPSA) is 87.2 Å². The van der Waals surface area contributed by atoms with E-state index in [0.717, 1.165) is 12.8 Å². The van der Waals surface area contributed by atoms with Crippen LogP contribution in [0.4, 0.5) is 0 Å². The summed E-state index contributed by atoms with van der Waals surface area (Å²) in [6.45, 7) is 12.5. The van der Waals surface area contributed by atoms with Crippen LogP contribution in [-0.4, -0.2) is 81.1 Å². The molecule has 0 aromatic heterocycles. The zero-order chi connectivity index (χ0) is 23.5. The van der Waals surface area contributed by atoms with Gasteiger partial charge in [0.25, 0.3) is 0 Å². The van der Waals surface area contributed by atoms with Gasteiger partial charge in [0.2, 0.25) is 11.8 Å². The monoisotopic (exact) mass is 464 g/mol. The maximum atomic E-state index is 13.9. The van der Waals surface area contributed by atoms with Crippen molar-refractivity contribution in [1.82, 2.24) is 9.80 Å². The van der Waals surface area contributed by atoms with E-state index in [1.54, 1.807) is 33.7 Å². The van der Waals surface area contributed by atoms with Crippen LogP contribution in [0.1, 0.15) is 46.0 Å². The molecule has 3 saturated heterocycles. The summed E-state index contributed by atoms with van der Waals surface area (Å²) in [5.41, 5.74) is 0. The van der Waals surface area contributed by atoms with Crippen LogP contribution in [0.3, 0.4) is 0 Å². The van der Waals surface area contributed by atoms with Crippen molar-refractivity contribution in [3.8, 4) is 0 Å². The molecule has 178 valence electrons. The molecule has 0 aliphatic carbocycles. The quantitative estimate of drug-likeness (QED) is 0.271. The van der Waals surface area contributed by atoms with Gasteiger partial charge in [0, 0.05) is 31.0 Å². The Hall–Kier alpha value is -1.80. The number of unbranched alkanes of at least 4 members (excludes halogenated alkanes) is 1. The van der Waals surface area contributed by atoms with Crippen LogP contribution in [-0.2, 0) is 19.1 Å². The summed E-state index contributed by atoms with van der Waals surface area (Å²) in [5, 5.41) is 9.23. The van der Waals surface area contributed by atoms with Gasteiger partial charge in [-0.2, -0.15) is 0 Å². The molecule has 3 heterocycles. The van der Waals surface area contributed by atoms with Gasteiger partial charge in [0.15, 0.2) is 0 Å². The molecular weight excluding hydrogens is 428 g/mol. The highest BCUT2D eigenvalue weighted by Crippen LogP contribution is 2.66. The van der Waals surface area contributed by atoms with Gasteiger partial charge in [0.05, 0.1) is 23.2 Å². The molecule has 5 atom stereocenters. The number of aliphatic hydroxyl groups is 1. The van der Waals surface area contributed by atoms with Gasteiger partial charge in [-0.1, -0.05) is 12.2 Å². The summed E-state index contributed by atoms with van der Waals surface area (Å²) < 4.78 is 4.89. The fourth-order valence-corrected chi connectivity index (χ4v) is 7.73. The maximum Gasteiger partial charge on any atom is 0.310 e. The summed E-state index contributed by atoms with van der Waals surface area (Å²) in [5.74, 6) is -1.59. The van der Waals surface area contributed by atoms with Crippen molar-refractivity contribution in [2.75, 3.05) is 26.3 Å². The maximum absolute atomic E-state index is 13.9. The minimum Gasteiger partial charge on any atom is -0.465 e. The third-order valence-corrected chi connectivity index (χ3v) is 8.86. The Kier molecular flexibility index (Phi) is 8.09. The summed E-state index contributed by atoms with van der Waals surface area (Å²) in [6, 6.07) is -0.643. The second-order valence-corrected chi connectivity index (χ2v) is 10.7.